The lowest BCUT2D eigenvalue weighted by molar-refractivity contribution is 0.102. The van der Waals surface area contributed by atoms with E-state index in [2.05, 4.69) is 25.6 Å². The molecule has 0 unspecified atom stereocenters. The molecule has 0 radical (unpaired) electrons. The number of rotatable bonds is 6. The SMILES string of the molecule is COCCNc1ncc(C(=O)Nc2cccc3cccnc23)cn1. The van der Waals surface area contributed by atoms with E-state index in [1.165, 1.54) is 12.4 Å². The van der Waals surface area contributed by atoms with E-state index < -0.39 is 0 Å². The van der Waals surface area contributed by atoms with Crippen LogP contribution >= 0.6 is 0 Å². The molecule has 0 saturated carbocycles. The molecule has 7 nitrogen and oxygen atoms in total. The minimum absolute atomic E-state index is 0.281. The van der Waals surface area contributed by atoms with Crippen molar-refractivity contribution in [1.29, 1.82) is 0 Å². The van der Waals surface area contributed by atoms with Crippen LogP contribution in [-0.2, 0) is 4.74 Å². The first-order chi connectivity index (χ1) is 11.8. The highest BCUT2D eigenvalue weighted by Gasteiger charge is 2.10. The minimum Gasteiger partial charge on any atom is -0.383 e. The number of carbonyl (C=O) groups is 1. The van der Waals surface area contributed by atoms with Crippen molar-refractivity contribution >= 4 is 28.4 Å². The van der Waals surface area contributed by atoms with E-state index in [4.69, 9.17) is 4.74 Å². The number of para-hydroxylation sites is 1. The maximum absolute atomic E-state index is 12.4. The van der Waals surface area contributed by atoms with Gasteiger partial charge in [-0.1, -0.05) is 18.2 Å². The van der Waals surface area contributed by atoms with Gasteiger partial charge in [0.25, 0.3) is 5.91 Å². The quantitative estimate of drug-likeness (QED) is 0.677. The third-order valence-electron chi connectivity index (χ3n) is 3.38. The Balaban J connectivity index is 1.72. The van der Waals surface area contributed by atoms with Crippen molar-refractivity contribution < 1.29 is 9.53 Å². The first-order valence-electron chi connectivity index (χ1n) is 7.48. The molecule has 0 saturated heterocycles. The maximum atomic E-state index is 12.4. The van der Waals surface area contributed by atoms with Crippen molar-refractivity contribution in [1.82, 2.24) is 15.0 Å². The number of hydrogen-bond acceptors (Lipinski definition) is 6. The molecular weight excluding hydrogens is 306 g/mol. The van der Waals surface area contributed by atoms with Gasteiger partial charge in [0, 0.05) is 37.6 Å². The van der Waals surface area contributed by atoms with E-state index in [0.717, 1.165) is 10.9 Å². The van der Waals surface area contributed by atoms with Crippen LogP contribution in [0.25, 0.3) is 10.9 Å². The number of pyridine rings is 1. The van der Waals surface area contributed by atoms with E-state index in [1.54, 1.807) is 13.3 Å². The fourth-order valence-electron chi connectivity index (χ4n) is 2.20. The summed E-state index contributed by atoms with van der Waals surface area (Å²) in [7, 11) is 1.62. The summed E-state index contributed by atoms with van der Waals surface area (Å²) in [6.45, 7) is 1.16. The molecule has 0 spiro atoms. The summed E-state index contributed by atoms with van der Waals surface area (Å²) in [6, 6.07) is 9.44. The zero-order valence-corrected chi connectivity index (χ0v) is 13.2. The first kappa shape index (κ1) is 15.8. The highest BCUT2D eigenvalue weighted by Crippen LogP contribution is 2.21. The Hall–Kier alpha value is -3.06. The second-order valence-corrected chi connectivity index (χ2v) is 5.05. The van der Waals surface area contributed by atoms with Crippen LogP contribution in [0.4, 0.5) is 11.6 Å². The van der Waals surface area contributed by atoms with Crippen LogP contribution in [0.3, 0.4) is 0 Å². The maximum Gasteiger partial charge on any atom is 0.258 e. The van der Waals surface area contributed by atoms with Crippen LogP contribution in [0.1, 0.15) is 10.4 Å². The van der Waals surface area contributed by atoms with Gasteiger partial charge in [-0.15, -0.1) is 0 Å². The molecule has 0 aliphatic heterocycles. The van der Waals surface area contributed by atoms with Crippen LogP contribution in [0, 0.1) is 0 Å². The fourth-order valence-corrected chi connectivity index (χ4v) is 2.20. The summed E-state index contributed by atoms with van der Waals surface area (Å²) in [5.41, 5.74) is 1.77. The second kappa shape index (κ2) is 7.47. The Morgan fingerprint density at radius 3 is 2.71 bits per heavy atom. The molecule has 3 aromatic rings. The topological polar surface area (TPSA) is 89.0 Å². The van der Waals surface area contributed by atoms with E-state index in [9.17, 15) is 4.79 Å². The summed E-state index contributed by atoms with van der Waals surface area (Å²) in [4.78, 5) is 24.9. The number of nitrogens with one attached hydrogen (secondary N) is 2. The number of nitrogens with zero attached hydrogens (tertiary/aromatic N) is 3. The summed E-state index contributed by atoms with van der Waals surface area (Å²) >= 11 is 0. The van der Waals surface area contributed by atoms with Gasteiger partial charge in [-0.25, -0.2) is 9.97 Å². The molecule has 0 fully saturated rings. The van der Waals surface area contributed by atoms with Gasteiger partial charge in [0.1, 0.15) is 0 Å². The van der Waals surface area contributed by atoms with E-state index in [-0.39, 0.29) is 5.91 Å². The minimum atomic E-state index is -0.281. The highest BCUT2D eigenvalue weighted by molar-refractivity contribution is 6.08. The summed E-state index contributed by atoms with van der Waals surface area (Å²) in [6.07, 6.45) is 4.66. The Labute approximate surface area is 139 Å². The largest absolute Gasteiger partial charge is 0.383 e. The third kappa shape index (κ3) is 3.64. The lowest BCUT2D eigenvalue weighted by atomic mass is 10.2. The number of ether oxygens (including phenoxy) is 1. The average Bonchev–Trinajstić information content (AvgIpc) is 2.63. The van der Waals surface area contributed by atoms with Gasteiger partial charge in [0.05, 0.1) is 23.4 Å². The summed E-state index contributed by atoms with van der Waals surface area (Å²) < 4.78 is 4.94. The molecule has 0 aliphatic rings. The standard InChI is InChI=1S/C17H17N5O2/c1-24-9-8-19-17-20-10-13(11-21-17)16(23)22-14-6-2-4-12-5-3-7-18-15(12)14/h2-7,10-11H,8-9H2,1H3,(H,22,23)(H,19,20,21). The Kier molecular flexibility index (Phi) is 4.93. The number of aromatic nitrogens is 3. The highest BCUT2D eigenvalue weighted by atomic mass is 16.5. The van der Waals surface area contributed by atoms with E-state index in [1.807, 2.05) is 30.3 Å². The summed E-state index contributed by atoms with van der Waals surface area (Å²) in [5.74, 6) is 0.173. The van der Waals surface area contributed by atoms with Crippen molar-refractivity contribution in [3.8, 4) is 0 Å². The van der Waals surface area contributed by atoms with Gasteiger partial charge in [-0.3, -0.25) is 9.78 Å². The number of anilines is 2. The molecule has 2 heterocycles. The number of amides is 1. The number of methoxy groups -OCH3 is 1. The van der Waals surface area contributed by atoms with Crippen LogP contribution in [-0.4, -0.2) is 41.1 Å². The predicted molar refractivity (Wildman–Crippen MR) is 92.1 cm³/mol. The third-order valence-corrected chi connectivity index (χ3v) is 3.38. The number of carbonyl (C=O) groups excluding carboxylic acids is 1. The van der Waals surface area contributed by atoms with Gasteiger partial charge in [-0.2, -0.15) is 0 Å². The molecular formula is C17H17N5O2. The lowest BCUT2D eigenvalue weighted by Gasteiger charge is -2.08. The van der Waals surface area contributed by atoms with Crippen molar-refractivity contribution in [2.45, 2.75) is 0 Å². The van der Waals surface area contributed by atoms with Crippen molar-refractivity contribution in [2.24, 2.45) is 0 Å². The number of hydrogen-bond donors (Lipinski definition) is 2. The van der Waals surface area contributed by atoms with Crippen LogP contribution in [0.2, 0.25) is 0 Å². The molecule has 7 heteroatoms. The molecule has 24 heavy (non-hydrogen) atoms. The molecule has 0 atom stereocenters. The smallest absolute Gasteiger partial charge is 0.258 e. The van der Waals surface area contributed by atoms with Crippen LogP contribution in [0.5, 0.6) is 0 Å². The predicted octanol–water partition coefficient (Wildman–Crippen LogP) is 2.34. The monoisotopic (exact) mass is 323 g/mol. The van der Waals surface area contributed by atoms with Crippen LogP contribution in [0.15, 0.2) is 48.9 Å². The molecule has 2 aromatic heterocycles. The van der Waals surface area contributed by atoms with E-state index in [0.29, 0.717) is 30.4 Å². The van der Waals surface area contributed by atoms with Crippen molar-refractivity contribution in [3.05, 3.63) is 54.5 Å². The molecule has 0 aliphatic carbocycles. The molecule has 0 bridgehead atoms. The number of benzene rings is 1. The Morgan fingerprint density at radius 1 is 1.12 bits per heavy atom. The van der Waals surface area contributed by atoms with Crippen LogP contribution < -0.4 is 10.6 Å². The zero-order valence-electron chi connectivity index (χ0n) is 13.2. The molecule has 3 rings (SSSR count). The average molecular weight is 323 g/mol. The summed E-state index contributed by atoms with van der Waals surface area (Å²) in [5, 5.41) is 6.81. The van der Waals surface area contributed by atoms with Crippen molar-refractivity contribution in [3.63, 3.8) is 0 Å². The van der Waals surface area contributed by atoms with Gasteiger partial charge >= 0.3 is 0 Å². The van der Waals surface area contributed by atoms with E-state index >= 15 is 0 Å². The normalized spacial score (nSPS) is 10.5. The molecule has 1 amide bonds. The van der Waals surface area contributed by atoms with Gasteiger partial charge in [0.2, 0.25) is 5.95 Å². The lowest BCUT2D eigenvalue weighted by Crippen LogP contribution is -2.15. The van der Waals surface area contributed by atoms with Crippen molar-refractivity contribution in [2.75, 3.05) is 30.9 Å². The second-order valence-electron chi connectivity index (χ2n) is 5.05. The Morgan fingerprint density at radius 2 is 1.92 bits per heavy atom. The molecule has 1 aromatic carbocycles. The van der Waals surface area contributed by atoms with Gasteiger partial charge < -0.3 is 15.4 Å². The van der Waals surface area contributed by atoms with Gasteiger partial charge in [-0.05, 0) is 12.1 Å². The van der Waals surface area contributed by atoms with Gasteiger partial charge in [0.15, 0.2) is 0 Å². The molecule has 122 valence electrons. The number of fused-ring (bicyclic) bond motifs is 1. The first-order valence-corrected chi connectivity index (χ1v) is 7.48. The Bertz CT molecular complexity index is 831. The molecule has 2 N–H and O–H groups in total. The zero-order chi connectivity index (χ0) is 16.8. The fraction of sp³-hybridized carbons (Fsp3) is 0.176.